The molecule has 11 heteroatoms. The van der Waals surface area contributed by atoms with E-state index in [-0.39, 0.29) is 72.2 Å². The Hall–Kier alpha value is -5.32. The summed E-state index contributed by atoms with van der Waals surface area (Å²) in [5.41, 5.74) is 10.7. The summed E-state index contributed by atoms with van der Waals surface area (Å²) in [4.78, 5) is 63.0. The molecule has 6 N–H and O–H groups in total. The topological polar surface area (TPSA) is 204 Å². The lowest BCUT2D eigenvalue weighted by Crippen LogP contribution is -2.20. The zero-order chi connectivity index (χ0) is 34.0. The van der Waals surface area contributed by atoms with Crippen molar-refractivity contribution in [3.05, 3.63) is 74.3 Å². The van der Waals surface area contributed by atoms with Gasteiger partial charge in [0.15, 0.2) is 0 Å². The van der Waals surface area contributed by atoms with Gasteiger partial charge in [0.05, 0.1) is 27.0 Å². The summed E-state index contributed by atoms with van der Waals surface area (Å²) in [7, 11) is 0. The van der Waals surface area contributed by atoms with Gasteiger partial charge in [0.2, 0.25) is 11.8 Å². The first-order valence-electron chi connectivity index (χ1n) is 16.0. The smallest absolute Gasteiger partial charge is 0.336 e. The molecule has 0 spiro atoms. The van der Waals surface area contributed by atoms with Gasteiger partial charge in [-0.15, -0.1) is 0 Å². The molecule has 0 aromatic heterocycles. The van der Waals surface area contributed by atoms with Crippen LogP contribution in [0.3, 0.4) is 0 Å². The van der Waals surface area contributed by atoms with Crippen LogP contribution in [0.4, 0.5) is 5.69 Å². The number of fused-ring (bicyclic) bond motifs is 2. The maximum Gasteiger partial charge on any atom is 0.336 e. The first-order valence-corrected chi connectivity index (χ1v) is 16.0. The van der Waals surface area contributed by atoms with Crippen LogP contribution in [0.25, 0.3) is 43.1 Å². The van der Waals surface area contributed by atoms with E-state index in [9.17, 15) is 39.5 Å². The highest BCUT2D eigenvalue weighted by Gasteiger charge is 2.33. The average Bonchev–Trinajstić information content (AvgIpc) is 3.02. The van der Waals surface area contributed by atoms with Gasteiger partial charge >= 0.3 is 11.9 Å². The Kier molecular flexibility index (Phi) is 9.55. The van der Waals surface area contributed by atoms with E-state index in [1.54, 1.807) is 0 Å². The van der Waals surface area contributed by atoms with Crippen molar-refractivity contribution in [2.45, 2.75) is 77.6 Å². The number of amides is 2. The molecule has 0 atom stereocenters. The zero-order valence-corrected chi connectivity index (χ0v) is 26.2. The Morgan fingerprint density at radius 3 is 1.60 bits per heavy atom. The van der Waals surface area contributed by atoms with E-state index < -0.39 is 28.7 Å². The molecular weight excluding hydrogens is 602 g/mol. The fourth-order valence-electron chi connectivity index (χ4n) is 7.14. The van der Waals surface area contributed by atoms with Crippen LogP contribution in [-0.4, -0.2) is 38.9 Å². The Bertz CT molecular complexity index is 2060. The quantitative estimate of drug-likeness (QED) is 0.0276. The number of primary amides is 2. The summed E-state index contributed by atoms with van der Waals surface area (Å²) >= 11 is 0. The highest BCUT2D eigenvalue weighted by molar-refractivity contribution is 6.40. The number of nitro groups is 1. The van der Waals surface area contributed by atoms with Gasteiger partial charge in [0.1, 0.15) is 0 Å². The number of hydrogen-bond acceptors (Lipinski definition) is 6. The largest absolute Gasteiger partial charge is 0.478 e. The second kappa shape index (κ2) is 13.6. The molecule has 2 amide bonds. The third kappa shape index (κ3) is 5.89. The van der Waals surface area contributed by atoms with E-state index in [1.165, 1.54) is 62.1 Å². The molecule has 0 aliphatic carbocycles. The zero-order valence-electron chi connectivity index (χ0n) is 26.2. The third-order valence-corrected chi connectivity index (χ3v) is 9.19. The Morgan fingerprint density at radius 1 is 0.617 bits per heavy atom. The number of nitro benzene ring substituents is 1. The number of carbonyl (C=O) groups is 4. The minimum absolute atomic E-state index is 0.0398. The van der Waals surface area contributed by atoms with Crippen LogP contribution in [0, 0.1) is 10.1 Å². The van der Waals surface area contributed by atoms with E-state index >= 15 is 0 Å². The van der Waals surface area contributed by atoms with Gasteiger partial charge < -0.3 is 21.7 Å². The van der Waals surface area contributed by atoms with Gasteiger partial charge in [-0.3, -0.25) is 19.7 Å². The van der Waals surface area contributed by atoms with Crippen LogP contribution in [-0.2, 0) is 6.42 Å². The highest BCUT2D eigenvalue weighted by Crippen LogP contribution is 2.49. The molecule has 0 heterocycles. The maximum absolute atomic E-state index is 13.2. The average molecular weight is 640 g/mol. The van der Waals surface area contributed by atoms with Gasteiger partial charge in [-0.25, -0.2) is 9.59 Å². The number of carbonyl (C=O) groups excluding carboxylic acids is 2. The lowest BCUT2D eigenvalue weighted by atomic mass is 9.81. The normalized spacial score (nSPS) is 11.6. The highest BCUT2D eigenvalue weighted by atomic mass is 16.6. The summed E-state index contributed by atoms with van der Waals surface area (Å²) in [6, 6.07) is 8.34. The number of nitrogens with two attached hydrogens (primary N) is 2. The van der Waals surface area contributed by atoms with Crippen LogP contribution in [0.5, 0.6) is 0 Å². The molecule has 11 nitrogen and oxygen atoms in total. The summed E-state index contributed by atoms with van der Waals surface area (Å²) in [5, 5.41) is 34.5. The standard InChI is InChI=1S/C36H37N3O8/c1-2-3-4-5-6-7-8-9-10-11-12-22-31(34(38)41)29-23(33(37)40)16-13-20-19-14-17-24(35(42)43)27-25(36(44)45)18-15-21(26(19)27)30(28(20)29)32(22)39(46)47/h13-18H,2-12H2,1H3,(H2,37,40)(H2,38,41)(H,42,43)(H,44,45). The van der Waals surface area contributed by atoms with Crippen molar-refractivity contribution in [2.24, 2.45) is 11.5 Å². The first-order chi connectivity index (χ1) is 22.5. The van der Waals surface area contributed by atoms with Crippen LogP contribution in [0.2, 0.25) is 0 Å². The molecule has 0 saturated carbocycles. The van der Waals surface area contributed by atoms with Crippen molar-refractivity contribution in [3.8, 4) is 0 Å². The molecule has 0 fully saturated rings. The van der Waals surface area contributed by atoms with Gasteiger partial charge in [-0.05, 0) is 52.6 Å². The van der Waals surface area contributed by atoms with Crippen molar-refractivity contribution in [1.82, 2.24) is 0 Å². The Morgan fingerprint density at radius 2 is 1.11 bits per heavy atom. The number of rotatable bonds is 16. The fraction of sp³-hybridized carbons (Fsp3) is 0.333. The second-order valence-electron chi connectivity index (χ2n) is 12.1. The van der Waals surface area contributed by atoms with Crippen molar-refractivity contribution in [3.63, 3.8) is 0 Å². The Labute approximate surface area is 270 Å². The van der Waals surface area contributed by atoms with E-state index in [0.717, 1.165) is 32.1 Å². The van der Waals surface area contributed by atoms with E-state index in [2.05, 4.69) is 6.92 Å². The predicted octanol–water partition coefficient (Wildman–Crippen LogP) is 7.70. The lowest BCUT2D eigenvalue weighted by Gasteiger charge is -2.21. The molecule has 0 unspecified atom stereocenters. The molecule has 5 rings (SSSR count). The first kappa shape index (κ1) is 33.1. The van der Waals surface area contributed by atoms with E-state index in [1.807, 2.05) is 0 Å². The van der Waals surface area contributed by atoms with Crippen LogP contribution in [0.15, 0.2) is 36.4 Å². The third-order valence-electron chi connectivity index (χ3n) is 9.19. The van der Waals surface area contributed by atoms with Gasteiger partial charge in [0, 0.05) is 27.3 Å². The van der Waals surface area contributed by atoms with Crippen molar-refractivity contribution in [1.29, 1.82) is 0 Å². The van der Waals surface area contributed by atoms with Crippen molar-refractivity contribution in [2.75, 3.05) is 0 Å². The minimum Gasteiger partial charge on any atom is -0.478 e. The van der Waals surface area contributed by atoms with Crippen LogP contribution >= 0.6 is 0 Å². The summed E-state index contributed by atoms with van der Waals surface area (Å²) in [6.07, 6.45) is 10.4. The summed E-state index contributed by atoms with van der Waals surface area (Å²) in [5.74, 6) is -4.53. The molecule has 0 aliphatic rings. The molecule has 47 heavy (non-hydrogen) atoms. The lowest BCUT2D eigenvalue weighted by molar-refractivity contribution is -0.383. The number of benzene rings is 5. The minimum atomic E-state index is -1.36. The van der Waals surface area contributed by atoms with Crippen LogP contribution in [0.1, 0.15) is 118 Å². The summed E-state index contributed by atoms with van der Waals surface area (Å²) < 4.78 is 0. The predicted molar refractivity (Wildman–Crippen MR) is 181 cm³/mol. The number of aromatic carboxylic acids is 2. The van der Waals surface area contributed by atoms with E-state index in [4.69, 9.17) is 11.5 Å². The van der Waals surface area contributed by atoms with Crippen molar-refractivity contribution < 1.29 is 34.3 Å². The van der Waals surface area contributed by atoms with Crippen LogP contribution < -0.4 is 11.5 Å². The Balaban J connectivity index is 1.79. The molecule has 5 aromatic carbocycles. The van der Waals surface area contributed by atoms with Gasteiger partial charge in [0.25, 0.3) is 5.69 Å². The number of unbranched alkanes of at least 4 members (excludes halogenated alkanes) is 9. The molecule has 0 saturated heterocycles. The molecule has 0 aliphatic heterocycles. The number of carboxylic acid groups (broad SMARTS) is 2. The van der Waals surface area contributed by atoms with Gasteiger partial charge in [-0.2, -0.15) is 0 Å². The summed E-state index contributed by atoms with van der Waals surface area (Å²) in [6.45, 7) is 2.18. The fourth-order valence-corrected chi connectivity index (χ4v) is 7.14. The molecule has 0 bridgehead atoms. The second-order valence-corrected chi connectivity index (χ2v) is 12.1. The molecular formula is C36H37N3O8. The molecule has 5 aromatic rings. The SMILES string of the molecule is CCCCCCCCCCCCc1c(C(N)=O)c2c(C(N)=O)ccc3c4ccc(C(=O)O)c5c(C(=O)O)ccc(c(c1[N+](=O)[O-])c23)c54. The maximum atomic E-state index is 13.2. The number of hydrogen-bond donors (Lipinski definition) is 4. The number of nitrogens with zero attached hydrogens (tertiary/aromatic N) is 1. The van der Waals surface area contributed by atoms with E-state index in [0.29, 0.717) is 17.2 Å². The molecule has 0 radical (unpaired) electrons. The molecule has 244 valence electrons. The van der Waals surface area contributed by atoms with Crippen molar-refractivity contribution >= 4 is 72.5 Å². The van der Waals surface area contributed by atoms with Gasteiger partial charge in [-0.1, -0.05) is 82.9 Å². The monoisotopic (exact) mass is 639 g/mol. The number of carboxylic acids is 2.